The van der Waals surface area contributed by atoms with E-state index in [2.05, 4.69) is 5.32 Å². The van der Waals surface area contributed by atoms with E-state index in [1.165, 1.54) is 21.3 Å². The highest BCUT2D eigenvalue weighted by Gasteiger charge is 2.38. The Labute approximate surface area is 365 Å². The fourth-order valence-electron chi connectivity index (χ4n) is 7.23. The summed E-state index contributed by atoms with van der Waals surface area (Å²) in [6, 6.07) is 15.6. The minimum absolute atomic E-state index is 0.181. The molecule has 1 saturated heterocycles. The Morgan fingerprint density at radius 3 is 2.08 bits per heavy atom. The molecule has 1 heterocycles. The van der Waals surface area contributed by atoms with Gasteiger partial charge in [0.1, 0.15) is 17.9 Å². The van der Waals surface area contributed by atoms with Gasteiger partial charge in [-0.1, -0.05) is 25.1 Å². The first-order chi connectivity index (χ1) is 30.2. The van der Waals surface area contributed by atoms with Crippen LogP contribution in [0.4, 0.5) is 0 Å². The number of nitrogens with zero attached hydrogens (tertiary/aromatic N) is 1. The molecule has 342 valence electrons. The monoisotopic (exact) mass is 867 g/mol. The lowest BCUT2D eigenvalue weighted by atomic mass is 9.91. The molecule has 4 rings (SSSR count). The van der Waals surface area contributed by atoms with E-state index in [0.29, 0.717) is 131 Å². The molecule has 3 atom stereocenters. The van der Waals surface area contributed by atoms with Crippen molar-refractivity contribution in [3.63, 3.8) is 0 Å². The number of ether oxygens (including phenoxy) is 10. The third-order valence-electron chi connectivity index (χ3n) is 10.4. The molecule has 1 fully saturated rings. The van der Waals surface area contributed by atoms with Gasteiger partial charge in [-0.2, -0.15) is 0 Å². The predicted octanol–water partition coefficient (Wildman–Crippen LogP) is 5.03. The summed E-state index contributed by atoms with van der Waals surface area (Å²) in [4.78, 5) is 43.1. The van der Waals surface area contributed by atoms with Crippen molar-refractivity contribution in [2.45, 2.75) is 63.5 Å². The number of methoxy groups -OCH3 is 5. The van der Waals surface area contributed by atoms with Crippen molar-refractivity contribution in [2.75, 3.05) is 101 Å². The smallest absolute Gasteiger partial charge is 0.329 e. The number of rotatable bonds is 28. The molecule has 1 aliphatic heterocycles. The zero-order valence-corrected chi connectivity index (χ0v) is 37.1. The third kappa shape index (κ3) is 14.7. The molecule has 16 heteroatoms. The first-order valence-electron chi connectivity index (χ1n) is 21.2. The van der Waals surface area contributed by atoms with E-state index in [4.69, 9.17) is 53.1 Å². The molecule has 2 amide bonds. The maximum atomic E-state index is 14.4. The van der Waals surface area contributed by atoms with Crippen LogP contribution in [0.2, 0.25) is 0 Å². The van der Waals surface area contributed by atoms with Gasteiger partial charge in [-0.25, -0.2) is 4.79 Å². The normalized spacial score (nSPS) is 14.6. The fraction of sp³-hybridized carbons (Fsp3) is 0.543. The van der Waals surface area contributed by atoms with Gasteiger partial charge in [0.2, 0.25) is 11.7 Å². The van der Waals surface area contributed by atoms with Gasteiger partial charge in [0.25, 0.3) is 5.91 Å². The maximum Gasteiger partial charge on any atom is 0.329 e. The number of hydrogen-bond acceptors (Lipinski definition) is 14. The Bertz CT molecular complexity index is 1820. The van der Waals surface area contributed by atoms with E-state index < -0.39 is 24.0 Å². The lowest BCUT2D eigenvalue weighted by Crippen LogP contribution is -2.50. The summed E-state index contributed by atoms with van der Waals surface area (Å²) in [6.45, 7) is 5.44. The molecule has 0 unspecified atom stereocenters. The molecule has 16 nitrogen and oxygen atoms in total. The highest BCUT2D eigenvalue weighted by molar-refractivity contribution is 5.89. The van der Waals surface area contributed by atoms with Crippen molar-refractivity contribution in [1.82, 2.24) is 10.2 Å². The fourth-order valence-corrected chi connectivity index (χ4v) is 7.23. The number of hydrogen-bond donors (Lipinski definition) is 2. The van der Waals surface area contributed by atoms with Crippen LogP contribution >= 0.6 is 0 Å². The second-order valence-corrected chi connectivity index (χ2v) is 14.5. The van der Waals surface area contributed by atoms with Crippen LogP contribution < -0.4 is 39.5 Å². The molecular weight excluding hydrogens is 803 g/mol. The predicted molar refractivity (Wildman–Crippen MR) is 232 cm³/mol. The Morgan fingerprint density at radius 2 is 1.44 bits per heavy atom. The zero-order chi connectivity index (χ0) is 44.7. The van der Waals surface area contributed by atoms with Crippen LogP contribution in [0, 0.1) is 0 Å². The van der Waals surface area contributed by atoms with E-state index in [9.17, 15) is 14.4 Å². The number of piperidine rings is 1. The lowest BCUT2D eigenvalue weighted by Gasteiger charge is -2.37. The number of amides is 2. The number of aryl methyl sites for hydroxylation is 1. The molecule has 0 radical (unpaired) electrons. The summed E-state index contributed by atoms with van der Waals surface area (Å²) in [5, 5.41) is 2.79. The molecular formula is C46H65N3O13. The van der Waals surface area contributed by atoms with E-state index in [-0.39, 0.29) is 18.4 Å². The van der Waals surface area contributed by atoms with Crippen LogP contribution in [0.5, 0.6) is 34.5 Å². The number of carbonyl (C=O) groups excluding carboxylic acids is 3. The summed E-state index contributed by atoms with van der Waals surface area (Å²) >= 11 is 0. The molecule has 0 spiro atoms. The van der Waals surface area contributed by atoms with Gasteiger partial charge in [-0.05, 0) is 91.6 Å². The van der Waals surface area contributed by atoms with Crippen molar-refractivity contribution in [1.29, 1.82) is 0 Å². The molecule has 3 aromatic carbocycles. The van der Waals surface area contributed by atoms with Gasteiger partial charge in [-0.15, -0.1) is 0 Å². The van der Waals surface area contributed by atoms with Crippen molar-refractivity contribution in [3.8, 4) is 34.5 Å². The second kappa shape index (κ2) is 26.9. The van der Waals surface area contributed by atoms with Gasteiger partial charge in [-0.3, -0.25) is 9.59 Å². The minimum atomic E-state index is -0.795. The first-order valence-corrected chi connectivity index (χ1v) is 21.2. The van der Waals surface area contributed by atoms with E-state index in [1.54, 1.807) is 49.5 Å². The Balaban J connectivity index is 1.46. The highest BCUT2D eigenvalue weighted by atomic mass is 16.6. The Kier molecular flexibility index (Phi) is 21.4. The summed E-state index contributed by atoms with van der Waals surface area (Å²) in [6.07, 6.45) is 2.66. The quantitative estimate of drug-likeness (QED) is 0.0732. The third-order valence-corrected chi connectivity index (χ3v) is 10.4. The molecule has 0 bridgehead atoms. The van der Waals surface area contributed by atoms with Crippen molar-refractivity contribution in [2.24, 2.45) is 5.73 Å². The molecule has 3 aromatic rings. The Morgan fingerprint density at radius 1 is 0.758 bits per heavy atom. The topological polar surface area (TPSA) is 185 Å². The van der Waals surface area contributed by atoms with Gasteiger partial charge >= 0.3 is 5.97 Å². The van der Waals surface area contributed by atoms with Crippen molar-refractivity contribution < 1.29 is 61.8 Å². The molecule has 3 N–H and O–H groups in total. The lowest BCUT2D eigenvalue weighted by molar-refractivity contribution is -0.162. The molecule has 0 aromatic heterocycles. The zero-order valence-electron chi connectivity index (χ0n) is 37.1. The summed E-state index contributed by atoms with van der Waals surface area (Å²) in [7, 11) is 7.75. The number of nitrogens with one attached hydrogen (secondary N) is 1. The van der Waals surface area contributed by atoms with Crippen LogP contribution in [0.15, 0.2) is 54.6 Å². The number of nitrogens with two attached hydrogens (primary N) is 1. The number of carbonyl (C=O) groups is 3. The number of likely N-dealkylation sites (tertiary alicyclic amines) is 1. The largest absolute Gasteiger partial charge is 0.493 e. The van der Waals surface area contributed by atoms with Crippen LogP contribution in [0.1, 0.15) is 67.7 Å². The Hall–Kier alpha value is -5.29. The molecule has 0 aliphatic carbocycles. The average Bonchev–Trinajstić information content (AvgIpc) is 3.30. The van der Waals surface area contributed by atoms with Crippen LogP contribution in [-0.2, 0) is 39.8 Å². The minimum Gasteiger partial charge on any atom is -0.493 e. The molecule has 62 heavy (non-hydrogen) atoms. The first kappa shape index (κ1) is 49.4. The standard InChI is InChI=1S/C46H65N3O13/c1-7-36(34-29-41(55-4)44(57-6)42(30-34)56-5)45(51)49-20-9-8-13-37(49)46(52)62-38(16-14-32-15-17-39(53-2)40(27-32)54-3)33-11-10-12-35(28-33)61-31-43(50)48-19-22-59-24-26-60-25-23-58-21-18-47/h10-12,15,17,27-30,36-38H,7-9,13-14,16,18-26,31,47H2,1-6H3,(H,48,50)/t36-,37-,38+/m0/s1. The van der Waals surface area contributed by atoms with Gasteiger partial charge in [0.05, 0.1) is 81.1 Å². The van der Waals surface area contributed by atoms with Gasteiger partial charge < -0.3 is 63.3 Å². The van der Waals surface area contributed by atoms with Gasteiger partial charge in [0.15, 0.2) is 29.6 Å². The van der Waals surface area contributed by atoms with E-state index >= 15 is 0 Å². The number of benzene rings is 3. The van der Waals surface area contributed by atoms with Crippen LogP contribution in [-0.4, -0.2) is 130 Å². The van der Waals surface area contributed by atoms with Crippen molar-refractivity contribution >= 4 is 17.8 Å². The highest BCUT2D eigenvalue weighted by Crippen LogP contribution is 2.41. The SMILES string of the molecule is CC[C@H](C(=O)N1CCCC[C@H]1C(=O)O[C@H](CCc1ccc(OC)c(OC)c1)c1cccc(OCC(=O)NCCOCCOCCOCCN)c1)c1cc(OC)c(OC)c(OC)c1. The molecule has 0 saturated carbocycles. The summed E-state index contributed by atoms with van der Waals surface area (Å²) in [5.74, 6) is 1.36. The van der Waals surface area contributed by atoms with Crippen LogP contribution in [0.3, 0.4) is 0 Å². The van der Waals surface area contributed by atoms with E-state index in [0.717, 1.165) is 18.4 Å². The van der Waals surface area contributed by atoms with Crippen LogP contribution in [0.25, 0.3) is 0 Å². The average molecular weight is 868 g/mol. The number of esters is 1. The second-order valence-electron chi connectivity index (χ2n) is 14.5. The van der Waals surface area contributed by atoms with E-state index in [1.807, 2.05) is 31.2 Å². The summed E-state index contributed by atoms with van der Waals surface area (Å²) in [5.41, 5.74) is 7.71. The summed E-state index contributed by atoms with van der Waals surface area (Å²) < 4.78 is 56.1. The van der Waals surface area contributed by atoms with Crippen molar-refractivity contribution in [3.05, 3.63) is 71.3 Å². The maximum absolute atomic E-state index is 14.4. The van der Waals surface area contributed by atoms with Gasteiger partial charge in [0, 0.05) is 19.6 Å². The molecule has 1 aliphatic rings.